The van der Waals surface area contributed by atoms with Crippen LogP contribution in [0.15, 0.2) is 24.4 Å². The lowest BCUT2D eigenvalue weighted by Gasteiger charge is -2.11. The lowest BCUT2D eigenvalue weighted by Crippen LogP contribution is -2.18. The molecule has 2 aromatic heterocycles. The van der Waals surface area contributed by atoms with Crippen LogP contribution in [0.4, 0.5) is 0 Å². The average molecular weight is 289 g/mol. The number of aromatic carboxylic acids is 1. The van der Waals surface area contributed by atoms with Crippen molar-refractivity contribution in [3.63, 3.8) is 0 Å². The molecular formula is C14H15N3O2S. The molecule has 104 valence electrons. The number of nitrogens with zero attached hydrogens (tertiary/aromatic N) is 3. The fourth-order valence-corrected chi connectivity index (χ4v) is 3.34. The summed E-state index contributed by atoms with van der Waals surface area (Å²) in [6.07, 6.45) is 4.08. The van der Waals surface area contributed by atoms with Gasteiger partial charge in [0.05, 0.1) is 12.2 Å². The van der Waals surface area contributed by atoms with Gasteiger partial charge in [-0.3, -0.25) is 9.88 Å². The first kappa shape index (κ1) is 13.2. The van der Waals surface area contributed by atoms with E-state index in [-0.39, 0.29) is 4.88 Å². The van der Waals surface area contributed by atoms with Gasteiger partial charge in [0, 0.05) is 6.20 Å². The fraction of sp³-hybridized carbons (Fsp3) is 0.357. The van der Waals surface area contributed by atoms with Crippen molar-refractivity contribution in [2.24, 2.45) is 0 Å². The molecule has 0 atom stereocenters. The number of thiazole rings is 1. The third-order valence-corrected chi connectivity index (χ3v) is 4.36. The predicted octanol–water partition coefficient (Wildman–Crippen LogP) is 2.50. The zero-order chi connectivity index (χ0) is 13.9. The molecule has 5 nitrogen and oxygen atoms in total. The number of carboxylic acids is 1. The van der Waals surface area contributed by atoms with Crippen molar-refractivity contribution in [2.75, 3.05) is 13.1 Å². The molecule has 6 heteroatoms. The summed E-state index contributed by atoms with van der Waals surface area (Å²) in [4.78, 5) is 22.7. The highest BCUT2D eigenvalue weighted by Crippen LogP contribution is 2.28. The van der Waals surface area contributed by atoms with Gasteiger partial charge >= 0.3 is 5.97 Å². The van der Waals surface area contributed by atoms with Crippen LogP contribution in [0.3, 0.4) is 0 Å². The Kier molecular flexibility index (Phi) is 3.75. The summed E-state index contributed by atoms with van der Waals surface area (Å²) in [6.45, 7) is 2.87. The van der Waals surface area contributed by atoms with Crippen molar-refractivity contribution in [3.05, 3.63) is 34.3 Å². The maximum atomic E-state index is 11.4. The van der Waals surface area contributed by atoms with Crippen molar-refractivity contribution in [1.29, 1.82) is 0 Å². The number of carbonyl (C=O) groups is 1. The summed E-state index contributed by atoms with van der Waals surface area (Å²) in [5.74, 6) is -0.934. The van der Waals surface area contributed by atoms with E-state index in [0.29, 0.717) is 11.4 Å². The molecule has 0 aliphatic carbocycles. The highest BCUT2D eigenvalue weighted by Gasteiger charge is 2.21. The zero-order valence-electron chi connectivity index (χ0n) is 11.0. The molecule has 20 heavy (non-hydrogen) atoms. The van der Waals surface area contributed by atoms with Crippen LogP contribution in [0.25, 0.3) is 11.4 Å². The maximum absolute atomic E-state index is 11.4. The van der Waals surface area contributed by atoms with Crippen molar-refractivity contribution in [2.45, 2.75) is 19.4 Å². The van der Waals surface area contributed by atoms with Crippen LogP contribution in [-0.4, -0.2) is 39.0 Å². The van der Waals surface area contributed by atoms with Gasteiger partial charge in [-0.25, -0.2) is 9.78 Å². The third kappa shape index (κ3) is 2.71. The minimum atomic E-state index is -0.934. The summed E-state index contributed by atoms with van der Waals surface area (Å²) < 4.78 is 0. The first-order valence-corrected chi connectivity index (χ1v) is 7.42. The highest BCUT2D eigenvalue weighted by molar-refractivity contribution is 7.14. The number of rotatable bonds is 4. The van der Waals surface area contributed by atoms with Crippen LogP contribution in [0.5, 0.6) is 0 Å². The topological polar surface area (TPSA) is 66.3 Å². The smallest absolute Gasteiger partial charge is 0.348 e. The molecule has 1 aliphatic rings. The quantitative estimate of drug-likeness (QED) is 0.936. The Morgan fingerprint density at radius 2 is 2.15 bits per heavy atom. The van der Waals surface area contributed by atoms with E-state index in [4.69, 9.17) is 0 Å². The molecule has 0 radical (unpaired) electrons. The molecule has 0 aromatic carbocycles. The van der Waals surface area contributed by atoms with Crippen molar-refractivity contribution < 1.29 is 9.90 Å². The molecule has 3 rings (SSSR count). The Balaban J connectivity index is 1.92. The molecule has 3 heterocycles. The van der Waals surface area contributed by atoms with E-state index in [1.165, 1.54) is 24.2 Å². The molecule has 2 aromatic rings. The summed E-state index contributed by atoms with van der Waals surface area (Å²) in [5, 5.41) is 10.2. The minimum Gasteiger partial charge on any atom is -0.477 e. The second-order valence-electron chi connectivity index (χ2n) is 4.79. The Bertz CT molecular complexity index is 606. The van der Waals surface area contributed by atoms with E-state index in [0.717, 1.165) is 24.6 Å². The molecule has 1 N–H and O–H groups in total. The van der Waals surface area contributed by atoms with Crippen LogP contribution in [0, 0.1) is 0 Å². The van der Waals surface area contributed by atoms with Gasteiger partial charge in [0.2, 0.25) is 0 Å². The highest BCUT2D eigenvalue weighted by atomic mass is 32.1. The standard InChI is InChI=1S/C14H15N3O2S/c18-14(19)13-12(10-5-1-2-6-15-10)16-11(20-13)9-17-7-3-4-8-17/h1-2,5-6H,3-4,7-9H2,(H,18,19). The average Bonchev–Trinajstić information content (AvgIpc) is 3.10. The van der Waals surface area contributed by atoms with Gasteiger partial charge in [-0.05, 0) is 38.1 Å². The van der Waals surface area contributed by atoms with Gasteiger partial charge in [-0.2, -0.15) is 0 Å². The Hall–Kier alpha value is -1.79. The number of aromatic nitrogens is 2. The first-order valence-electron chi connectivity index (χ1n) is 6.61. The lowest BCUT2D eigenvalue weighted by molar-refractivity contribution is 0.0702. The summed E-state index contributed by atoms with van der Waals surface area (Å²) in [6, 6.07) is 5.44. The number of carboxylic acid groups (broad SMARTS) is 1. The fourth-order valence-electron chi connectivity index (χ4n) is 2.39. The maximum Gasteiger partial charge on any atom is 0.348 e. The van der Waals surface area contributed by atoms with Crippen LogP contribution in [0.1, 0.15) is 27.5 Å². The molecule has 0 spiro atoms. The summed E-state index contributed by atoms with van der Waals surface area (Å²) >= 11 is 1.26. The molecule has 1 saturated heterocycles. The van der Waals surface area contributed by atoms with Crippen LogP contribution in [0.2, 0.25) is 0 Å². The summed E-state index contributed by atoms with van der Waals surface area (Å²) in [7, 11) is 0. The Labute approximate surface area is 120 Å². The molecule has 0 saturated carbocycles. The van der Waals surface area contributed by atoms with Gasteiger partial charge in [-0.1, -0.05) is 6.07 Å². The van der Waals surface area contributed by atoms with E-state index >= 15 is 0 Å². The van der Waals surface area contributed by atoms with E-state index in [2.05, 4.69) is 14.9 Å². The second-order valence-corrected chi connectivity index (χ2v) is 5.87. The number of pyridine rings is 1. The Morgan fingerprint density at radius 3 is 2.80 bits per heavy atom. The lowest BCUT2D eigenvalue weighted by atomic mass is 10.2. The Morgan fingerprint density at radius 1 is 1.35 bits per heavy atom. The van der Waals surface area contributed by atoms with E-state index in [9.17, 15) is 9.90 Å². The van der Waals surface area contributed by atoms with Crippen LogP contribution in [-0.2, 0) is 6.54 Å². The molecular weight excluding hydrogens is 274 g/mol. The molecule has 1 aliphatic heterocycles. The van der Waals surface area contributed by atoms with Gasteiger partial charge in [0.1, 0.15) is 15.6 Å². The largest absolute Gasteiger partial charge is 0.477 e. The number of hydrogen-bond acceptors (Lipinski definition) is 5. The second kappa shape index (κ2) is 5.68. The van der Waals surface area contributed by atoms with E-state index < -0.39 is 5.97 Å². The number of hydrogen-bond donors (Lipinski definition) is 1. The molecule has 0 unspecified atom stereocenters. The van der Waals surface area contributed by atoms with Gasteiger partial charge in [-0.15, -0.1) is 11.3 Å². The van der Waals surface area contributed by atoms with Gasteiger partial charge in [0.15, 0.2) is 0 Å². The first-order chi connectivity index (χ1) is 9.74. The van der Waals surface area contributed by atoms with Crippen LogP contribution >= 0.6 is 11.3 Å². The minimum absolute atomic E-state index is 0.276. The van der Waals surface area contributed by atoms with Gasteiger partial charge < -0.3 is 5.11 Å². The van der Waals surface area contributed by atoms with Crippen molar-refractivity contribution in [1.82, 2.24) is 14.9 Å². The monoisotopic (exact) mass is 289 g/mol. The molecule has 0 amide bonds. The van der Waals surface area contributed by atoms with Gasteiger partial charge in [0.25, 0.3) is 0 Å². The van der Waals surface area contributed by atoms with Crippen molar-refractivity contribution >= 4 is 17.3 Å². The van der Waals surface area contributed by atoms with E-state index in [1.807, 2.05) is 6.07 Å². The van der Waals surface area contributed by atoms with Crippen molar-refractivity contribution in [3.8, 4) is 11.4 Å². The summed E-state index contributed by atoms with van der Waals surface area (Å²) in [5.41, 5.74) is 1.10. The van der Waals surface area contributed by atoms with E-state index in [1.54, 1.807) is 18.3 Å². The SMILES string of the molecule is O=C(O)c1sc(CN2CCCC2)nc1-c1ccccn1. The zero-order valence-corrected chi connectivity index (χ0v) is 11.8. The van der Waals surface area contributed by atoms with Crippen LogP contribution < -0.4 is 0 Å². The predicted molar refractivity (Wildman–Crippen MR) is 76.8 cm³/mol. The molecule has 0 bridgehead atoms. The molecule has 1 fully saturated rings. The normalized spacial score (nSPS) is 15.6. The third-order valence-electron chi connectivity index (χ3n) is 3.33. The number of likely N-dealkylation sites (tertiary alicyclic amines) is 1.